The molecule has 1 aromatic heterocycles. The monoisotopic (exact) mass is 390 g/mol. The molecule has 0 saturated carbocycles. The lowest BCUT2D eigenvalue weighted by atomic mass is 9.97. The minimum Gasteiger partial charge on any atom is -0.381 e. The normalized spacial score (nSPS) is 23.9. The van der Waals surface area contributed by atoms with E-state index in [9.17, 15) is 0 Å². The fourth-order valence-electron chi connectivity index (χ4n) is 2.84. The highest BCUT2D eigenvalue weighted by molar-refractivity contribution is 14.1. The Morgan fingerprint density at radius 3 is 3.11 bits per heavy atom. The van der Waals surface area contributed by atoms with Crippen LogP contribution in [-0.4, -0.2) is 22.8 Å². The molecule has 0 aliphatic carbocycles. The number of halogens is 2. The highest BCUT2D eigenvalue weighted by Gasteiger charge is 2.27. The molecule has 2 unspecified atom stereocenters. The fraction of sp³-hybridized carbons (Fsp3) is 0.500. The molecule has 2 heterocycles. The molecule has 0 N–H and O–H groups in total. The van der Waals surface area contributed by atoms with Crippen LogP contribution in [0.3, 0.4) is 0 Å². The number of hydrogen-bond donors (Lipinski definition) is 0. The van der Waals surface area contributed by atoms with Gasteiger partial charge in [-0.1, -0.05) is 6.92 Å². The second-order valence-electron chi connectivity index (χ2n) is 5.07. The van der Waals surface area contributed by atoms with Gasteiger partial charge in [-0.05, 0) is 47.2 Å². The zero-order chi connectivity index (χ0) is 13.4. The Bertz CT molecular complexity index is 598. The molecule has 19 heavy (non-hydrogen) atoms. The van der Waals surface area contributed by atoms with Crippen LogP contribution < -0.4 is 0 Å². The van der Waals surface area contributed by atoms with E-state index in [1.54, 1.807) is 0 Å². The molecule has 1 aliphatic heterocycles. The Kier molecular flexibility index (Phi) is 4.01. The summed E-state index contributed by atoms with van der Waals surface area (Å²) >= 11 is 8.41. The maximum absolute atomic E-state index is 6.09. The molecule has 102 valence electrons. The fourth-order valence-corrected chi connectivity index (χ4v) is 3.50. The summed E-state index contributed by atoms with van der Waals surface area (Å²) in [5.41, 5.74) is 2.23. The molecule has 2 atom stereocenters. The van der Waals surface area contributed by atoms with Crippen molar-refractivity contribution in [3.05, 3.63) is 27.6 Å². The third kappa shape index (κ3) is 2.50. The van der Waals surface area contributed by atoms with E-state index in [4.69, 9.17) is 16.3 Å². The van der Waals surface area contributed by atoms with Gasteiger partial charge in [-0.15, -0.1) is 11.6 Å². The Hall–Kier alpha value is -0.330. The van der Waals surface area contributed by atoms with Crippen LogP contribution in [-0.2, 0) is 10.6 Å². The van der Waals surface area contributed by atoms with E-state index in [0.29, 0.717) is 17.8 Å². The summed E-state index contributed by atoms with van der Waals surface area (Å²) in [6.07, 6.45) is 1.03. The second-order valence-corrected chi connectivity index (χ2v) is 6.59. The molecule has 1 saturated heterocycles. The molecule has 0 bridgehead atoms. The van der Waals surface area contributed by atoms with Crippen molar-refractivity contribution in [1.29, 1.82) is 0 Å². The average Bonchev–Trinajstić information content (AvgIpc) is 2.76. The van der Waals surface area contributed by atoms with Crippen molar-refractivity contribution < 1.29 is 4.74 Å². The largest absolute Gasteiger partial charge is 0.381 e. The van der Waals surface area contributed by atoms with Gasteiger partial charge in [0, 0.05) is 22.1 Å². The Labute approximate surface area is 131 Å². The van der Waals surface area contributed by atoms with Crippen LogP contribution in [0.4, 0.5) is 0 Å². The van der Waals surface area contributed by atoms with Crippen LogP contribution >= 0.6 is 34.2 Å². The number of rotatable bonds is 2. The maximum Gasteiger partial charge on any atom is 0.125 e. The van der Waals surface area contributed by atoms with Crippen LogP contribution in [0.2, 0.25) is 0 Å². The van der Waals surface area contributed by atoms with Gasteiger partial charge in [0.15, 0.2) is 0 Å². The van der Waals surface area contributed by atoms with Crippen molar-refractivity contribution in [1.82, 2.24) is 9.55 Å². The summed E-state index contributed by atoms with van der Waals surface area (Å²) in [5, 5.41) is 0. The Balaban J connectivity index is 2.14. The van der Waals surface area contributed by atoms with Crippen LogP contribution in [0.25, 0.3) is 11.0 Å². The summed E-state index contributed by atoms with van der Waals surface area (Å²) in [7, 11) is 0. The van der Waals surface area contributed by atoms with Crippen molar-refractivity contribution in [2.75, 3.05) is 13.2 Å². The standard InChI is InChI=1S/C14H16ClIN2O/c1-9-8-19-5-4-12(9)18-13-3-2-10(16)6-11(13)17-14(18)7-15/h2-3,6,9,12H,4-5,7-8H2,1H3. The summed E-state index contributed by atoms with van der Waals surface area (Å²) in [4.78, 5) is 4.69. The van der Waals surface area contributed by atoms with E-state index in [1.165, 1.54) is 9.09 Å². The van der Waals surface area contributed by atoms with Crippen LogP contribution in [0.1, 0.15) is 25.2 Å². The molecule has 0 spiro atoms. The molecule has 1 aromatic carbocycles. The van der Waals surface area contributed by atoms with E-state index >= 15 is 0 Å². The van der Waals surface area contributed by atoms with Gasteiger partial charge >= 0.3 is 0 Å². The zero-order valence-corrected chi connectivity index (χ0v) is 13.7. The van der Waals surface area contributed by atoms with Gasteiger partial charge < -0.3 is 9.30 Å². The molecule has 5 heteroatoms. The van der Waals surface area contributed by atoms with Crippen LogP contribution in [0.5, 0.6) is 0 Å². The number of benzene rings is 1. The summed E-state index contributed by atoms with van der Waals surface area (Å²) in [5.74, 6) is 1.92. The van der Waals surface area contributed by atoms with E-state index in [0.717, 1.165) is 31.0 Å². The Morgan fingerprint density at radius 2 is 2.37 bits per heavy atom. The highest BCUT2D eigenvalue weighted by Crippen LogP contribution is 2.32. The minimum atomic E-state index is 0.438. The number of hydrogen-bond acceptors (Lipinski definition) is 2. The molecule has 0 amide bonds. The number of imidazole rings is 1. The minimum absolute atomic E-state index is 0.438. The summed E-state index contributed by atoms with van der Waals surface area (Å²) in [6, 6.07) is 6.84. The zero-order valence-electron chi connectivity index (χ0n) is 10.8. The van der Waals surface area contributed by atoms with Gasteiger partial charge in [0.25, 0.3) is 0 Å². The van der Waals surface area contributed by atoms with Crippen molar-refractivity contribution in [3.63, 3.8) is 0 Å². The molecular formula is C14H16ClIN2O. The maximum atomic E-state index is 6.09. The lowest BCUT2D eigenvalue weighted by Gasteiger charge is -2.31. The lowest BCUT2D eigenvalue weighted by Crippen LogP contribution is -2.28. The molecule has 0 radical (unpaired) electrons. The van der Waals surface area contributed by atoms with Gasteiger partial charge in [-0.25, -0.2) is 4.98 Å². The Morgan fingerprint density at radius 1 is 1.53 bits per heavy atom. The first-order valence-corrected chi connectivity index (χ1v) is 8.12. The molecular weight excluding hydrogens is 375 g/mol. The van der Waals surface area contributed by atoms with E-state index in [1.807, 2.05) is 0 Å². The second kappa shape index (κ2) is 5.58. The smallest absolute Gasteiger partial charge is 0.125 e. The van der Waals surface area contributed by atoms with Gasteiger partial charge in [-0.2, -0.15) is 0 Å². The van der Waals surface area contributed by atoms with E-state index in [2.05, 4.69) is 57.3 Å². The predicted molar refractivity (Wildman–Crippen MR) is 85.6 cm³/mol. The first-order valence-electron chi connectivity index (χ1n) is 6.50. The van der Waals surface area contributed by atoms with Gasteiger partial charge in [0.1, 0.15) is 5.82 Å². The average molecular weight is 391 g/mol. The number of alkyl halides is 1. The van der Waals surface area contributed by atoms with E-state index < -0.39 is 0 Å². The number of nitrogens with zero attached hydrogens (tertiary/aromatic N) is 2. The third-order valence-electron chi connectivity index (χ3n) is 3.77. The van der Waals surface area contributed by atoms with Gasteiger partial charge in [0.05, 0.1) is 23.5 Å². The molecule has 3 rings (SSSR count). The molecule has 1 fully saturated rings. The summed E-state index contributed by atoms with van der Waals surface area (Å²) in [6.45, 7) is 3.87. The first-order chi connectivity index (χ1) is 9.20. The quantitative estimate of drug-likeness (QED) is 0.573. The first kappa shape index (κ1) is 13.6. The predicted octanol–water partition coefficient (Wildman–Crippen LogP) is 3.98. The molecule has 1 aliphatic rings. The topological polar surface area (TPSA) is 27.1 Å². The summed E-state index contributed by atoms with van der Waals surface area (Å²) < 4.78 is 9.08. The number of aromatic nitrogens is 2. The van der Waals surface area contributed by atoms with Crippen molar-refractivity contribution in [2.45, 2.75) is 25.3 Å². The molecule has 2 aromatic rings. The lowest BCUT2D eigenvalue weighted by molar-refractivity contribution is 0.0292. The van der Waals surface area contributed by atoms with Crippen molar-refractivity contribution in [3.8, 4) is 0 Å². The number of fused-ring (bicyclic) bond motifs is 1. The van der Waals surface area contributed by atoms with E-state index in [-0.39, 0.29) is 0 Å². The van der Waals surface area contributed by atoms with Crippen molar-refractivity contribution in [2.24, 2.45) is 5.92 Å². The molecule has 3 nitrogen and oxygen atoms in total. The van der Waals surface area contributed by atoms with Crippen molar-refractivity contribution >= 4 is 45.2 Å². The van der Waals surface area contributed by atoms with Gasteiger partial charge in [-0.3, -0.25) is 0 Å². The third-order valence-corrected chi connectivity index (χ3v) is 4.68. The number of ether oxygens (including phenoxy) is 1. The van der Waals surface area contributed by atoms with Gasteiger partial charge in [0.2, 0.25) is 0 Å². The van der Waals surface area contributed by atoms with Crippen LogP contribution in [0, 0.1) is 9.49 Å². The van der Waals surface area contributed by atoms with Crippen LogP contribution in [0.15, 0.2) is 18.2 Å². The highest BCUT2D eigenvalue weighted by atomic mass is 127. The SMILES string of the molecule is CC1COCCC1n1c(CCl)nc2cc(I)ccc21.